The number of anilines is 1. The van der Waals surface area contributed by atoms with Gasteiger partial charge in [0, 0.05) is 29.0 Å². The summed E-state index contributed by atoms with van der Waals surface area (Å²) in [5.74, 6) is -0.189. The number of hydrogen-bond acceptors (Lipinski definition) is 2. The van der Waals surface area contributed by atoms with Crippen molar-refractivity contribution in [1.82, 2.24) is 0 Å². The highest BCUT2D eigenvalue weighted by atomic mass is 35.5. The van der Waals surface area contributed by atoms with Gasteiger partial charge in [-0.25, -0.2) is 0 Å². The highest BCUT2D eigenvalue weighted by Gasteiger charge is 2.07. The highest BCUT2D eigenvalue weighted by molar-refractivity contribution is 6.32. The van der Waals surface area contributed by atoms with Gasteiger partial charge in [-0.3, -0.25) is 4.79 Å². The average molecular weight is 330 g/mol. The fourth-order valence-corrected chi connectivity index (χ4v) is 2.49. The number of hydrogen-bond donors (Lipinski definition) is 1. The lowest BCUT2D eigenvalue weighted by Crippen LogP contribution is -2.11. The molecule has 3 nitrogen and oxygen atoms in total. The lowest BCUT2D eigenvalue weighted by atomic mass is 10.1. The van der Waals surface area contributed by atoms with Gasteiger partial charge in [0.15, 0.2) is 0 Å². The van der Waals surface area contributed by atoms with Gasteiger partial charge in [-0.1, -0.05) is 48.0 Å². The number of rotatable bonds is 6. The predicted molar refractivity (Wildman–Crippen MR) is 95.5 cm³/mol. The Kier molecular flexibility index (Phi) is 6.39. The van der Waals surface area contributed by atoms with Gasteiger partial charge in [0.25, 0.3) is 0 Å². The predicted octanol–water partition coefficient (Wildman–Crippen LogP) is 4.92. The van der Waals surface area contributed by atoms with E-state index in [2.05, 4.69) is 5.32 Å². The first-order valence-electron chi connectivity index (χ1n) is 7.51. The first-order valence-corrected chi connectivity index (χ1v) is 7.89. The van der Waals surface area contributed by atoms with E-state index in [1.165, 1.54) is 0 Å². The molecule has 0 fully saturated rings. The zero-order chi connectivity index (χ0) is 16.7. The monoisotopic (exact) mass is 329 g/mol. The number of carbonyl (C=O) groups excluding carboxylic acids is 1. The second-order valence-electron chi connectivity index (χ2n) is 5.09. The quantitative estimate of drug-likeness (QED) is 0.764. The van der Waals surface area contributed by atoms with Gasteiger partial charge in [0.05, 0.1) is 6.61 Å². The van der Waals surface area contributed by atoms with E-state index in [9.17, 15) is 4.79 Å². The Labute approximate surface area is 141 Å². The second kappa shape index (κ2) is 8.51. The normalized spacial score (nSPS) is 11.3. The van der Waals surface area contributed by atoms with Crippen molar-refractivity contribution in [3.8, 4) is 0 Å². The van der Waals surface area contributed by atoms with Crippen molar-refractivity contribution in [3.63, 3.8) is 0 Å². The van der Waals surface area contributed by atoms with Crippen LogP contribution < -0.4 is 5.32 Å². The molecule has 0 unspecified atom stereocenters. The van der Waals surface area contributed by atoms with Crippen molar-refractivity contribution in [1.29, 1.82) is 0 Å². The number of ether oxygens (including phenoxy) is 1. The molecule has 1 amide bonds. The fraction of sp³-hybridized carbons (Fsp3) is 0.211. The van der Waals surface area contributed by atoms with Crippen LogP contribution in [0.15, 0.2) is 54.6 Å². The molecule has 0 aliphatic heterocycles. The van der Waals surface area contributed by atoms with Crippen LogP contribution in [0.3, 0.4) is 0 Å². The summed E-state index contributed by atoms with van der Waals surface area (Å²) in [6.45, 7) is 4.91. The molecule has 23 heavy (non-hydrogen) atoms. The first kappa shape index (κ1) is 17.3. The van der Waals surface area contributed by atoms with Crippen LogP contribution in [0.1, 0.15) is 25.0 Å². The number of nitrogens with one attached hydrogen (secondary N) is 1. The van der Waals surface area contributed by atoms with E-state index in [0.717, 1.165) is 22.4 Å². The Hall–Kier alpha value is -2.10. The summed E-state index contributed by atoms with van der Waals surface area (Å²) >= 11 is 6.16. The molecule has 0 heterocycles. The molecule has 2 aromatic carbocycles. The second-order valence-corrected chi connectivity index (χ2v) is 5.50. The summed E-state index contributed by atoms with van der Waals surface area (Å²) in [5.41, 5.74) is 3.38. The van der Waals surface area contributed by atoms with Crippen LogP contribution in [0, 0.1) is 0 Å². The third-order valence-electron chi connectivity index (χ3n) is 3.38. The number of halogens is 1. The maximum absolute atomic E-state index is 12.3. The van der Waals surface area contributed by atoms with Gasteiger partial charge in [-0.15, -0.1) is 0 Å². The van der Waals surface area contributed by atoms with E-state index >= 15 is 0 Å². The molecule has 0 spiro atoms. The Morgan fingerprint density at radius 3 is 2.61 bits per heavy atom. The molecule has 0 aliphatic rings. The SMILES string of the molecule is CCOCc1ccccc1NC(=O)/C=C(/C)c1ccccc1Cl. The smallest absolute Gasteiger partial charge is 0.248 e. The standard InChI is InChI=1S/C19H20ClNO2/c1-3-23-13-15-8-4-7-11-18(15)21-19(22)12-14(2)16-9-5-6-10-17(16)20/h4-12H,3,13H2,1-2H3,(H,21,22)/b14-12-. The molecule has 0 radical (unpaired) electrons. The Morgan fingerprint density at radius 2 is 1.87 bits per heavy atom. The van der Waals surface area contributed by atoms with Crippen LogP contribution in [0.2, 0.25) is 5.02 Å². The van der Waals surface area contributed by atoms with Crippen molar-refractivity contribution in [2.75, 3.05) is 11.9 Å². The summed E-state index contributed by atoms with van der Waals surface area (Å²) in [5, 5.41) is 3.53. The molecule has 0 aromatic heterocycles. The van der Waals surface area contributed by atoms with E-state index in [1.54, 1.807) is 6.08 Å². The van der Waals surface area contributed by atoms with Crippen molar-refractivity contribution in [3.05, 3.63) is 70.8 Å². The maximum atomic E-state index is 12.3. The molecule has 0 aliphatic carbocycles. The molecule has 0 saturated carbocycles. The number of para-hydroxylation sites is 1. The van der Waals surface area contributed by atoms with Gasteiger partial charge in [0.2, 0.25) is 5.91 Å². The summed E-state index contributed by atoms with van der Waals surface area (Å²) in [7, 11) is 0. The molecule has 0 bridgehead atoms. The number of benzene rings is 2. The average Bonchev–Trinajstić information content (AvgIpc) is 2.54. The van der Waals surface area contributed by atoms with Crippen LogP contribution in [0.4, 0.5) is 5.69 Å². The van der Waals surface area contributed by atoms with Crippen LogP contribution in [0.5, 0.6) is 0 Å². The van der Waals surface area contributed by atoms with Crippen molar-refractivity contribution in [2.24, 2.45) is 0 Å². The largest absolute Gasteiger partial charge is 0.377 e. The molecule has 120 valence electrons. The minimum Gasteiger partial charge on any atom is -0.377 e. The van der Waals surface area contributed by atoms with E-state index in [4.69, 9.17) is 16.3 Å². The zero-order valence-corrected chi connectivity index (χ0v) is 14.1. The van der Waals surface area contributed by atoms with E-state index in [-0.39, 0.29) is 5.91 Å². The van der Waals surface area contributed by atoms with E-state index in [0.29, 0.717) is 18.2 Å². The van der Waals surface area contributed by atoms with Crippen LogP contribution in [-0.4, -0.2) is 12.5 Å². The Bertz CT molecular complexity index is 710. The minimum atomic E-state index is -0.189. The Balaban J connectivity index is 2.13. The van der Waals surface area contributed by atoms with Gasteiger partial charge in [0.1, 0.15) is 0 Å². The zero-order valence-electron chi connectivity index (χ0n) is 13.3. The molecule has 2 rings (SSSR count). The lowest BCUT2D eigenvalue weighted by molar-refractivity contribution is -0.111. The molecule has 0 atom stereocenters. The summed E-state index contributed by atoms with van der Waals surface area (Å²) in [4.78, 5) is 12.3. The molecular weight excluding hydrogens is 310 g/mol. The first-order chi connectivity index (χ1) is 11.1. The van der Waals surface area contributed by atoms with Crippen LogP contribution >= 0.6 is 11.6 Å². The minimum absolute atomic E-state index is 0.189. The van der Waals surface area contributed by atoms with Gasteiger partial charge < -0.3 is 10.1 Å². The maximum Gasteiger partial charge on any atom is 0.248 e. The molecular formula is C19H20ClNO2. The molecule has 4 heteroatoms. The molecule has 2 aromatic rings. The van der Waals surface area contributed by atoms with Gasteiger partial charge in [-0.05, 0) is 37.1 Å². The van der Waals surface area contributed by atoms with Crippen molar-refractivity contribution < 1.29 is 9.53 Å². The van der Waals surface area contributed by atoms with Gasteiger partial charge in [-0.2, -0.15) is 0 Å². The van der Waals surface area contributed by atoms with E-state index < -0.39 is 0 Å². The number of amides is 1. The molecule has 0 saturated heterocycles. The highest BCUT2D eigenvalue weighted by Crippen LogP contribution is 2.23. The third kappa shape index (κ3) is 4.95. The van der Waals surface area contributed by atoms with Crippen LogP contribution in [-0.2, 0) is 16.1 Å². The Morgan fingerprint density at radius 1 is 1.17 bits per heavy atom. The third-order valence-corrected chi connectivity index (χ3v) is 3.71. The fourth-order valence-electron chi connectivity index (χ4n) is 2.20. The van der Waals surface area contributed by atoms with Crippen LogP contribution in [0.25, 0.3) is 5.57 Å². The number of allylic oxidation sites excluding steroid dienone is 1. The molecule has 1 N–H and O–H groups in total. The summed E-state index contributed by atoms with van der Waals surface area (Å²) < 4.78 is 5.42. The summed E-state index contributed by atoms with van der Waals surface area (Å²) in [6.07, 6.45) is 1.55. The van der Waals surface area contributed by atoms with Gasteiger partial charge >= 0.3 is 0 Å². The van der Waals surface area contributed by atoms with E-state index in [1.807, 2.05) is 62.4 Å². The topological polar surface area (TPSA) is 38.3 Å². The lowest BCUT2D eigenvalue weighted by Gasteiger charge is -2.10. The summed E-state index contributed by atoms with van der Waals surface area (Å²) in [6, 6.07) is 15.1. The number of carbonyl (C=O) groups is 1. The van der Waals surface area contributed by atoms with Crippen molar-refractivity contribution >= 4 is 28.8 Å². The van der Waals surface area contributed by atoms with Crippen molar-refractivity contribution in [2.45, 2.75) is 20.5 Å².